The summed E-state index contributed by atoms with van der Waals surface area (Å²) in [7, 11) is 0. The highest BCUT2D eigenvalue weighted by Crippen LogP contribution is 2.42. The number of hydrogen-bond acceptors (Lipinski definition) is 9. The fraction of sp³-hybridized carbons (Fsp3) is 0.517. The number of hydrogen-bond donors (Lipinski definition) is 2. The lowest BCUT2D eigenvalue weighted by atomic mass is 10.0. The van der Waals surface area contributed by atoms with Gasteiger partial charge in [0.25, 0.3) is 0 Å². The van der Waals surface area contributed by atoms with Crippen LogP contribution in [0.15, 0.2) is 31.0 Å². The van der Waals surface area contributed by atoms with Crippen molar-refractivity contribution in [1.82, 2.24) is 30.0 Å². The molecule has 43 heavy (non-hydrogen) atoms. The Kier molecular flexibility index (Phi) is 10.8. The number of aromatic amines is 1. The quantitative estimate of drug-likeness (QED) is 0.278. The van der Waals surface area contributed by atoms with Gasteiger partial charge in [-0.3, -0.25) is 14.8 Å². The predicted molar refractivity (Wildman–Crippen MR) is 158 cm³/mol. The smallest absolute Gasteiger partial charge is 0.418 e. The summed E-state index contributed by atoms with van der Waals surface area (Å²) < 4.78 is 52.6. The van der Waals surface area contributed by atoms with E-state index in [0.29, 0.717) is 42.0 Å². The van der Waals surface area contributed by atoms with Gasteiger partial charge in [-0.25, -0.2) is 0 Å². The fourth-order valence-corrected chi connectivity index (χ4v) is 5.20. The maximum absolute atomic E-state index is 13.8. The van der Waals surface area contributed by atoms with E-state index in [-0.39, 0.29) is 24.1 Å². The molecule has 0 unspecified atom stereocenters. The highest BCUT2D eigenvalue weighted by molar-refractivity contribution is 5.94. The number of nitrogens with two attached hydrogens (primary N) is 1. The number of H-pyrrole nitrogens is 1. The topological polar surface area (TPSA) is 126 Å². The van der Waals surface area contributed by atoms with Crippen molar-refractivity contribution >= 4 is 28.3 Å². The first-order valence-corrected chi connectivity index (χ1v) is 14.4. The Labute approximate surface area is 248 Å². The molecule has 1 saturated heterocycles. The van der Waals surface area contributed by atoms with E-state index in [1.165, 1.54) is 18.3 Å². The number of benzene rings is 1. The molecule has 3 N–H and O–H groups in total. The number of aromatic nitrogens is 4. The van der Waals surface area contributed by atoms with Gasteiger partial charge < -0.3 is 25.0 Å². The SMILES string of the molecule is C=CC(=O)N(CC)CC.Nc1nc(OCCCN2CCOCC2)nc2c1CCN(c1c(C(F)(F)F)ccc3[nH]ncc13)C2. The molecule has 0 radical (unpaired) electrons. The Bertz CT molecular complexity index is 1390. The minimum absolute atomic E-state index is 0.0139. The molecule has 1 amide bonds. The van der Waals surface area contributed by atoms with Gasteiger partial charge in [0, 0.05) is 50.2 Å². The number of carbonyl (C=O) groups is 1. The average molecular weight is 605 g/mol. The van der Waals surface area contributed by atoms with Gasteiger partial charge in [-0.15, -0.1) is 0 Å². The molecule has 2 aliphatic rings. The van der Waals surface area contributed by atoms with Gasteiger partial charge in [-0.2, -0.15) is 28.2 Å². The number of nitrogens with one attached hydrogen (secondary N) is 1. The molecule has 1 aromatic carbocycles. The largest absolute Gasteiger partial charge is 0.463 e. The molecule has 11 nitrogen and oxygen atoms in total. The number of alkyl halides is 3. The van der Waals surface area contributed by atoms with Crippen molar-refractivity contribution in [3.63, 3.8) is 0 Å². The molecule has 2 aromatic heterocycles. The van der Waals surface area contributed by atoms with Crippen molar-refractivity contribution in [1.29, 1.82) is 0 Å². The van der Waals surface area contributed by atoms with E-state index in [2.05, 4.69) is 31.6 Å². The highest BCUT2D eigenvalue weighted by Gasteiger charge is 2.37. The number of ether oxygens (including phenoxy) is 2. The van der Waals surface area contributed by atoms with Crippen molar-refractivity contribution in [3.8, 4) is 6.01 Å². The average Bonchev–Trinajstić information content (AvgIpc) is 3.49. The third-order valence-electron chi connectivity index (χ3n) is 7.50. The van der Waals surface area contributed by atoms with Gasteiger partial charge in [0.05, 0.1) is 55.0 Å². The van der Waals surface area contributed by atoms with Crippen LogP contribution in [0.25, 0.3) is 10.9 Å². The van der Waals surface area contributed by atoms with Crippen LogP contribution in [-0.4, -0.2) is 95.0 Å². The second kappa shape index (κ2) is 14.5. The van der Waals surface area contributed by atoms with Crippen molar-refractivity contribution in [2.75, 3.05) is 69.7 Å². The summed E-state index contributed by atoms with van der Waals surface area (Å²) >= 11 is 0. The fourth-order valence-electron chi connectivity index (χ4n) is 5.20. The summed E-state index contributed by atoms with van der Waals surface area (Å²) in [5.41, 5.74) is 7.42. The monoisotopic (exact) mass is 604 g/mol. The molecule has 0 saturated carbocycles. The zero-order chi connectivity index (χ0) is 31.0. The van der Waals surface area contributed by atoms with E-state index >= 15 is 0 Å². The van der Waals surface area contributed by atoms with Crippen LogP contribution in [0, 0.1) is 0 Å². The summed E-state index contributed by atoms with van der Waals surface area (Å²) in [6.07, 6.45) is -0.506. The lowest BCUT2D eigenvalue weighted by Crippen LogP contribution is -2.37. The van der Waals surface area contributed by atoms with Crippen LogP contribution in [0.3, 0.4) is 0 Å². The van der Waals surface area contributed by atoms with Crippen molar-refractivity contribution in [2.45, 2.75) is 39.4 Å². The van der Waals surface area contributed by atoms with E-state index in [1.54, 1.807) is 9.80 Å². The Morgan fingerprint density at radius 2 is 1.95 bits per heavy atom. The number of morpholine rings is 1. The molecule has 1 fully saturated rings. The molecule has 2 aliphatic heterocycles. The van der Waals surface area contributed by atoms with E-state index in [4.69, 9.17) is 15.2 Å². The Morgan fingerprint density at radius 1 is 1.21 bits per heavy atom. The number of rotatable bonds is 9. The number of nitrogens with zero attached hydrogens (tertiary/aromatic N) is 6. The molecular formula is C29H39F3N8O3. The Hall–Kier alpha value is -3.91. The van der Waals surface area contributed by atoms with E-state index in [9.17, 15) is 18.0 Å². The first kappa shape index (κ1) is 32.0. The molecule has 3 aromatic rings. The van der Waals surface area contributed by atoms with Crippen LogP contribution in [0.5, 0.6) is 6.01 Å². The number of fused-ring (bicyclic) bond motifs is 2. The van der Waals surface area contributed by atoms with Gasteiger partial charge in [0.1, 0.15) is 5.82 Å². The minimum atomic E-state index is -4.50. The molecule has 5 rings (SSSR count). The normalized spacial score (nSPS) is 15.4. The van der Waals surface area contributed by atoms with Crippen LogP contribution in [0.2, 0.25) is 0 Å². The lowest BCUT2D eigenvalue weighted by Gasteiger charge is -2.32. The number of nitrogen functional groups attached to an aromatic ring is 1. The number of anilines is 2. The summed E-state index contributed by atoms with van der Waals surface area (Å²) in [5.74, 6) is 0.324. The summed E-state index contributed by atoms with van der Waals surface area (Å²) in [4.78, 5) is 25.2. The van der Waals surface area contributed by atoms with Crippen LogP contribution in [0.4, 0.5) is 24.7 Å². The number of amides is 1. The third-order valence-corrected chi connectivity index (χ3v) is 7.50. The molecular weight excluding hydrogens is 565 g/mol. The van der Waals surface area contributed by atoms with Gasteiger partial charge in [-0.1, -0.05) is 6.58 Å². The van der Waals surface area contributed by atoms with Gasteiger partial charge in [0.2, 0.25) is 5.91 Å². The van der Waals surface area contributed by atoms with E-state index in [1.807, 2.05) is 13.8 Å². The second-order valence-corrected chi connectivity index (χ2v) is 10.1. The van der Waals surface area contributed by atoms with Crippen LogP contribution in [0.1, 0.15) is 37.1 Å². The molecule has 0 atom stereocenters. The zero-order valence-corrected chi connectivity index (χ0v) is 24.6. The van der Waals surface area contributed by atoms with Crippen LogP contribution in [-0.2, 0) is 28.7 Å². The standard InChI is InChI=1S/C22H26F3N7O2.C7H13NO/c23-22(24,25)16-2-3-17-15(12-27-30-17)19(16)32-6-4-14-18(13-32)28-21(29-20(14)26)34-9-1-5-31-7-10-33-11-8-31;1-4-7(9)8(5-2)6-3/h2-3,12H,1,4-11,13H2,(H,27,30)(H2,26,28,29);4H,1,5-6H2,2-3H3. The zero-order valence-electron chi connectivity index (χ0n) is 24.6. The molecule has 4 heterocycles. The third kappa shape index (κ3) is 7.93. The van der Waals surface area contributed by atoms with E-state index < -0.39 is 11.7 Å². The van der Waals surface area contributed by atoms with Gasteiger partial charge in [-0.05, 0) is 44.9 Å². The maximum atomic E-state index is 13.8. The molecule has 0 aliphatic carbocycles. The second-order valence-electron chi connectivity index (χ2n) is 10.1. The number of carbonyl (C=O) groups excluding carboxylic acids is 1. The summed E-state index contributed by atoms with van der Waals surface area (Å²) in [6.45, 7) is 13.9. The van der Waals surface area contributed by atoms with E-state index in [0.717, 1.165) is 64.0 Å². The van der Waals surface area contributed by atoms with Crippen molar-refractivity contribution < 1.29 is 27.4 Å². The lowest BCUT2D eigenvalue weighted by molar-refractivity contribution is -0.137. The molecule has 14 heteroatoms. The molecule has 0 bridgehead atoms. The molecule has 0 spiro atoms. The number of halogens is 3. The van der Waals surface area contributed by atoms with Gasteiger partial charge in [0.15, 0.2) is 0 Å². The first-order chi connectivity index (χ1) is 20.7. The molecule has 234 valence electrons. The van der Waals surface area contributed by atoms with Crippen molar-refractivity contribution in [2.24, 2.45) is 0 Å². The van der Waals surface area contributed by atoms with Crippen molar-refractivity contribution in [3.05, 3.63) is 47.8 Å². The minimum Gasteiger partial charge on any atom is -0.463 e. The predicted octanol–water partition coefficient (Wildman–Crippen LogP) is 3.66. The number of likely N-dealkylation sites (N-methyl/N-ethyl adjacent to an activating group) is 1. The summed E-state index contributed by atoms with van der Waals surface area (Å²) in [5, 5.41) is 7.10. The van der Waals surface area contributed by atoms with Crippen LogP contribution >= 0.6 is 0 Å². The van der Waals surface area contributed by atoms with Gasteiger partial charge >= 0.3 is 12.2 Å². The summed E-state index contributed by atoms with van der Waals surface area (Å²) in [6, 6.07) is 2.63. The van der Waals surface area contributed by atoms with Crippen LogP contribution < -0.4 is 15.4 Å². The first-order valence-electron chi connectivity index (χ1n) is 14.4. The highest BCUT2D eigenvalue weighted by atomic mass is 19.4. The Morgan fingerprint density at radius 3 is 2.60 bits per heavy atom. The maximum Gasteiger partial charge on any atom is 0.418 e. The Balaban J connectivity index is 0.000000410.